The van der Waals surface area contributed by atoms with E-state index in [2.05, 4.69) is 27.0 Å². The highest BCUT2D eigenvalue weighted by Crippen LogP contribution is 2.15. The van der Waals surface area contributed by atoms with Crippen molar-refractivity contribution in [1.82, 2.24) is 20.1 Å². The van der Waals surface area contributed by atoms with Gasteiger partial charge in [0.05, 0.1) is 17.0 Å². The Balaban J connectivity index is 2.04. The van der Waals surface area contributed by atoms with E-state index in [1.807, 2.05) is 0 Å². The van der Waals surface area contributed by atoms with Crippen molar-refractivity contribution >= 4 is 17.2 Å². The van der Waals surface area contributed by atoms with Gasteiger partial charge in [-0.2, -0.15) is 5.10 Å². The Labute approximate surface area is 114 Å². The fourth-order valence-electron chi connectivity index (χ4n) is 1.46. The van der Waals surface area contributed by atoms with Crippen molar-refractivity contribution in [3.05, 3.63) is 34.0 Å². The summed E-state index contributed by atoms with van der Waals surface area (Å²) < 4.78 is 0. The van der Waals surface area contributed by atoms with E-state index in [1.165, 1.54) is 17.7 Å². The molecule has 2 heterocycles. The number of thiophene rings is 1. The quantitative estimate of drug-likeness (QED) is 0.799. The topological polar surface area (TPSA) is 82.1 Å². The molecule has 19 heavy (non-hydrogen) atoms. The van der Waals surface area contributed by atoms with Gasteiger partial charge in [-0.25, -0.2) is 4.98 Å². The molecule has 1 amide bonds. The van der Waals surface area contributed by atoms with Gasteiger partial charge in [-0.3, -0.25) is 9.89 Å². The second-order valence-electron chi connectivity index (χ2n) is 3.75. The maximum absolute atomic E-state index is 12.1. The first-order chi connectivity index (χ1) is 9.20. The first-order valence-electron chi connectivity index (χ1n) is 5.48. The van der Waals surface area contributed by atoms with Gasteiger partial charge in [-0.1, -0.05) is 11.8 Å². The monoisotopic (exact) mass is 276 g/mol. The summed E-state index contributed by atoms with van der Waals surface area (Å²) in [5, 5.41) is 16.8. The molecule has 2 aromatic heterocycles. The number of H-pyrrole nitrogens is 1. The number of rotatable bonds is 3. The molecule has 2 N–H and O–H groups in total. The van der Waals surface area contributed by atoms with Gasteiger partial charge in [-0.05, 0) is 6.07 Å². The lowest BCUT2D eigenvalue weighted by molar-refractivity contribution is 0.0782. The van der Waals surface area contributed by atoms with Gasteiger partial charge < -0.3 is 10.0 Å². The number of aromatic amines is 1. The van der Waals surface area contributed by atoms with Gasteiger partial charge >= 0.3 is 0 Å². The maximum atomic E-state index is 12.1. The highest BCUT2D eigenvalue weighted by Gasteiger charge is 2.14. The molecule has 0 aliphatic carbocycles. The lowest BCUT2D eigenvalue weighted by Crippen LogP contribution is -2.26. The summed E-state index contributed by atoms with van der Waals surface area (Å²) in [6, 6.07) is 1.71. The summed E-state index contributed by atoms with van der Waals surface area (Å²) in [5.74, 6) is 5.85. The predicted molar refractivity (Wildman–Crippen MR) is 70.5 cm³/mol. The van der Waals surface area contributed by atoms with Crippen molar-refractivity contribution in [1.29, 1.82) is 0 Å². The molecule has 0 aliphatic rings. The van der Waals surface area contributed by atoms with Crippen molar-refractivity contribution in [2.75, 3.05) is 13.7 Å². The van der Waals surface area contributed by atoms with Gasteiger partial charge in [0.25, 0.3) is 5.91 Å². The average molecular weight is 276 g/mol. The van der Waals surface area contributed by atoms with Gasteiger partial charge in [0.2, 0.25) is 0 Å². The molecule has 0 spiro atoms. The second kappa shape index (κ2) is 6.13. The number of aliphatic hydroxyl groups is 1. The van der Waals surface area contributed by atoms with Crippen LogP contribution in [0.15, 0.2) is 17.8 Å². The van der Waals surface area contributed by atoms with Crippen LogP contribution in [-0.4, -0.2) is 44.7 Å². The highest BCUT2D eigenvalue weighted by atomic mass is 32.1. The van der Waals surface area contributed by atoms with Crippen LogP contribution in [0.4, 0.5) is 0 Å². The van der Waals surface area contributed by atoms with Gasteiger partial charge in [-0.15, -0.1) is 11.3 Å². The predicted octanol–water partition coefficient (Wildman–Crippen LogP) is 0.482. The molecule has 0 fully saturated rings. The van der Waals surface area contributed by atoms with Crippen LogP contribution in [0.2, 0.25) is 0 Å². The largest absolute Gasteiger partial charge is 0.384 e. The van der Waals surface area contributed by atoms with E-state index in [9.17, 15) is 4.79 Å². The van der Waals surface area contributed by atoms with Crippen LogP contribution in [0.5, 0.6) is 0 Å². The summed E-state index contributed by atoms with van der Waals surface area (Å²) in [6.45, 7) is 0.179. The van der Waals surface area contributed by atoms with Crippen molar-refractivity contribution < 1.29 is 9.90 Å². The molecule has 7 heteroatoms. The first-order valence-corrected chi connectivity index (χ1v) is 6.36. The molecule has 0 aliphatic heterocycles. The SMILES string of the molecule is CN(Cc1ncn[nH]1)C(=O)c1csc(C#CCO)c1. The lowest BCUT2D eigenvalue weighted by Gasteiger charge is -2.14. The number of nitrogens with one attached hydrogen (secondary N) is 1. The maximum Gasteiger partial charge on any atom is 0.254 e. The summed E-state index contributed by atoms with van der Waals surface area (Å²) >= 11 is 1.38. The molecule has 0 saturated carbocycles. The normalized spacial score (nSPS) is 9.79. The third kappa shape index (κ3) is 3.40. The third-order valence-electron chi connectivity index (χ3n) is 2.34. The van der Waals surface area contributed by atoms with Crippen molar-refractivity contribution in [2.24, 2.45) is 0 Å². The van der Waals surface area contributed by atoms with E-state index in [0.717, 1.165) is 4.88 Å². The highest BCUT2D eigenvalue weighted by molar-refractivity contribution is 7.10. The minimum absolute atomic E-state index is 0.107. The number of hydrogen-bond acceptors (Lipinski definition) is 5. The van der Waals surface area contributed by atoms with Crippen LogP contribution in [0.3, 0.4) is 0 Å². The summed E-state index contributed by atoms with van der Waals surface area (Å²) in [5.41, 5.74) is 0.578. The molecular formula is C12H12N4O2S. The Kier molecular flexibility index (Phi) is 4.28. The van der Waals surface area contributed by atoms with E-state index >= 15 is 0 Å². The Bertz CT molecular complexity index is 609. The molecular weight excluding hydrogens is 264 g/mol. The zero-order valence-corrected chi connectivity index (χ0v) is 11.1. The van der Waals surface area contributed by atoms with Crippen molar-refractivity contribution in [2.45, 2.75) is 6.54 Å². The average Bonchev–Trinajstić information content (AvgIpc) is 3.06. The Morgan fingerprint density at radius 1 is 1.63 bits per heavy atom. The van der Waals surface area contributed by atoms with E-state index in [0.29, 0.717) is 17.9 Å². The van der Waals surface area contributed by atoms with Crippen LogP contribution in [0.1, 0.15) is 21.1 Å². The number of carbonyl (C=O) groups excluding carboxylic acids is 1. The van der Waals surface area contributed by atoms with E-state index in [-0.39, 0.29) is 12.5 Å². The molecule has 2 rings (SSSR count). The number of carbonyl (C=O) groups is 1. The zero-order chi connectivity index (χ0) is 13.7. The van der Waals surface area contributed by atoms with Crippen molar-refractivity contribution in [3.8, 4) is 11.8 Å². The zero-order valence-electron chi connectivity index (χ0n) is 10.3. The molecule has 0 unspecified atom stereocenters. The van der Waals surface area contributed by atoms with E-state index < -0.39 is 0 Å². The minimum atomic E-state index is -0.188. The van der Waals surface area contributed by atoms with Gasteiger partial charge in [0.1, 0.15) is 18.8 Å². The number of hydrogen-bond donors (Lipinski definition) is 2. The lowest BCUT2D eigenvalue weighted by atomic mass is 10.2. The smallest absolute Gasteiger partial charge is 0.254 e. The molecule has 0 bridgehead atoms. The fourth-order valence-corrected chi connectivity index (χ4v) is 2.21. The molecule has 0 atom stereocenters. The Hall–Kier alpha value is -2.17. The van der Waals surface area contributed by atoms with Crippen molar-refractivity contribution in [3.63, 3.8) is 0 Å². The van der Waals surface area contributed by atoms with E-state index in [4.69, 9.17) is 5.11 Å². The minimum Gasteiger partial charge on any atom is -0.384 e. The number of nitrogens with zero attached hydrogens (tertiary/aromatic N) is 3. The van der Waals surface area contributed by atoms with E-state index in [1.54, 1.807) is 23.4 Å². The molecule has 0 radical (unpaired) electrons. The number of aliphatic hydroxyl groups excluding tert-OH is 1. The number of aromatic nitrogens is 3. The van der Waals surface area contributed by atoms with Gasteiger partial charge in [0, 0.05) is 12.4 Å². The van der Waals surface area contributed by atoms with Crippen LogP contribution in [0.25, 0.3) is 0 Å². The molecule has 0 saturated heterocycles. The van der Waals surface area contributed by atoms with Gasteiger partial charge in [0.15, 0.2) is 0 Å². The Morgan fingerprint density at radius 3 is 3.16 bits per heavy atom. The molecule has 6 nitrogen and oxygen atoms in total. The summed E-state index contributed by atoms with van der Waals surface area (Å²) in [7, 11) is 1.70. The van der Waals surface area contributed by atoms with Crippen LogP contribution >= 0.6 is 11.3 Å². The third-order valence-corrected chi connectivity index (χ3v) is 3.18. The molecule has 0 aromatic carbocycles. The van der Waals surface area contributed by atoms with Crippen LogP contribution in [-0.2, 0) is 6.54 Å². The first kappa shape index (κ1) is 13.3. The molecule has 2 aromatic rings. The fraction of sp³-hybridized carbons (Fsp3) is 0.250. The number of amides is 1. The summed E-state index contributed by atoms with van der Waals surface area (Å²) in [4.78, 5) is 18.4. The van der Waals surface area contributed by atoms with Crippen LogP contribution in [0, 0.1) is 11.8 Å². The standard InChI is InChI=1S/C12H12N4O2S/c1-16(6-11-13-8-14-15-11)12(18)9-5-10(19-7-9)3-2-4-17/h5,7-8,17H,4,6H2,1H3,(H,13,14,15). The Morgan fingerprint density at radius 2 is 2.47 bits per heavy atom. The molecule has 98 valence electrons. The van der Waals surface area contributed by atoms with Crippen LogP contribution < -0.4 is 0 Å². The second-order valence-corrected chi connectivity index (χ2v) is 4.66. The summed E-state index contributed by atoms with van der Waals surface area (Å²) in [6.07, 6.45) is 1.40.